The highest BCUT2D eigenvalue weighted by atomic mass is 16.1. The van der Waals surface area contributed by atoms with Gasteiger partial charge >= 0.3 is 0 Å². The van der Waals surface area contributed by atoms with Crippen LogP contribution in [0.15, 0.2) is 24.5 Å². The Morgan fingerprint density at radius 1 is 1.37 bits per heavy atom. The predicted molar refractivity (Wildman–Crippen MR) is 77.3 cm³/mol. The zero-order chi connectivity index (χ0) is 14.0. The van der Waals surface area contributed by atoms with Crippen molar-refractivity contribution in [2.75, 3.05) is 0 Å². The van der Waals surface area contributed by atoms with Crippen LogP contribution in [0, 0.1) is 0 Å². The lowest BCUT2D eigenvalue weighted by atomic mass is 10.1. The van der Waals surface area contributed by atoms with Gasteiger partial charge in [0.05, 0.1) is 17.4 Å². The van der Waals surface area contributed by atoms with Gasteiger partial charge in [-0.3, -0.25) is 4.79 Å². The van der Waals surface area contributed by atoms with Crippen molar-refractivity contribution in [3.05, 3.63) is 30.1 Å². The number of carbonyl (C=O) groups is 1. The number of benzene rings is 1. The first-order valence-electron chi connectivity index (χ1n) is 6.80. The first-order valence-corrected chi connectivity index (χ1v) is 6.80. The number of hydrogen-bond acceptors (Lipinski definition) is 2. The van der Waals surface area contributed by atoms with E-state index in [0.717, 1.165) is 17.5 Å². The predicted octanol–water partition coefficient (Wildman–Crippen LogP) is 3.15. The maximum absolute atomic E-state index is 12.1. The molecule has 2 rings (SSSR count). The molecule has 19 heavy (non-hydrogen) atoms. The summed E-state index contributed by atoms with van der Waals surface area (Å²) in [5.41, 5.74) is 2.60. The molecule has 1 atom stereocenters. The molecule has 102 valence electrons. The van der Waals surface area contributed by atoms with Gasteiger partial charge in [0.15, 0.2) is 0 Å². The number of aromatic nitrogens is 2. The molecule has 1 aromatic carbocycles. The highest BCUT2D eigenvalue weighted by Gasteiger charge is 2.11. The van der Waals surface area contributed by atoms with E-state index in [1.807, 2.05) is 31.5 Å². The van der Waals surface area contributed by atoms with Crippen molar-refractivity contribution >= 4 is 16.9 Å². The monoisotopic (exact) mass is 259 g/mol. The van der Waals surface area contributed by atoms with Crippen LogP contribution in [0.5, 0.6) is 0 Å². The molecular weight excluding hydrogens is 238 g/mol. The minimum Gasteiger partial charge on any atom is -0.350 e. The van der Waals surface area contributed by atoms with E-state index in [2.05, 4.69) is 35.6 Å². The van der Waals surface area contributed by atoms with Gasteiger partial charge in [0.1, 0.15) is 0 Å². The van der Waals surface area contributed by atoms with Gasteiger partial charge in [-0.15, -0.1) is 0 Å². The molecule has 1 N–H and O–H groups in total. The number of rotatable bonds is 4. The van der Waals surface area contributed by atoms with Gasteiger partial charge in [0, 0.05) is 17.6 Å². The summed E-state index contributed by atoms with van der Waals surface area (Å²) in [6.07, 6.45) is 2.75. The van der Waals surface area contributed by atoms with E-state index in [-0.39, 0.29) is 11.9 Å². The van der Waals surface area contributed by atoms with Crippen LogP contribution in [0.25, 0.3) is 11.0 Å². The summed E-state index contributed by atoms with van der Waals surface area (Å²) >= 11 is 0. The van der Waals surface area contributed by atoms with Gasteiger partial charge < -0.3 is 9.88 Å². The lowest BCUT2D eigenvalue weighted by molar-refractivity contribution is 0.0939. The topological polar surface area (TPSA) is 46.9 Å². The van der Waals surface area contributed by atoms with Crippen LogP contribution >= 0.6 is 0 Å². The second-order valence-corrected chi connectivity index (χ2v) is 5.23. The summed E-state index contributed by atoms with van der Waals surface area (Å²) < 4.78 is 2.10. The molecule has 1 aromatic heterocycles. The maximum atomic E-state index is 12.1. The van der Waals surface area contributed by atoms with Crippen LogP contribution < -0.4 is 5.32 Å². The third-order valence-corrected chi connectivity index (χ3v) is 3.38. The fraction of sp³-hybridized carbons (Fsp3) is 0.467. The summed E-state index contributed by atoms with van der Waals surface area (Å²) in [4.78, 5) is 16.4. The van der Waals surface area contributed by atoms with Crippen LogP contribution in [0.2, 0.25) is 0 Å². The van der Waals surface area contributed by atoms with Gasteiger partial charge in [-0.05, 0) is 45.4 Å². The lowest BCUT2D eigenvalue weighted by Gasteiger charge is -2.11. The Morgan fingerprint density at radius 2 is 2.11 bits per heavy atom. The van der Waals surface area contributed by atoms with Crippen molar-refractivity contribution in [3.63, 3.8) is 0 Å². The van der Waals surface area contributed by atoms with Crippen LogP contribution in [0.1, 0.15) is 50.5 Å². The van der Waals surface area contributed by atoms with Gasteiger partial charge in [-0.25, -0.2) is 4.98 Å². The normalized spacial score (nSPS) is 12.9. The number of nitrogens with one attached hydrogen (secondary N) is 1. The molecule has 0 spiro atoms. The zero-order valence-corrected chi connectivity index (χ0v) is 12.0. The maximum Gasteiger partial charge on any atom is 0.251 e. The third-order valence-electron chi connectivity index (χ3n) is 3.38. The summed E-state index contributed by atoms with van der Waals surface area (Å²) in [5.74, 6) is -0.0321. The standard InChI is InChI=1S/C15H21N3O/c1-5-11(4)17-15(19)12-6-7-14-13(8-12)16-9-18(14)10(2)3/h6-11H,5H2,1-4H3,(H,17,19). The molecule has 0 fully saturated rings. The number of carbonyl (C=O) groups excluding carboxylic acids is 1. The average molecular weight is 259 g/mol. The second kappa shape index (κ2) is 5.43. The average Bonchev–Trinajstić information content (AvgIpc) is 2.81. The van der Waals surface area contributed by atoms with Crippen LogP contribution in [-0.4, -0.2) is 21.5 Å². The Hall–Kier alpha value is -1.84. The minimum absolute atomic E-state index is 0.0321. The molecule has 0 aliphatic heterocycles. The van der Waals surface area contributed by atoms with Gasteiger partial charge in [-0.2, -0.15) is 0 Å². The highest BCUT2D eigenvalue weighted by molar-refractivity contribution is 5.97. The van der Waals surface area contributed by atoms with Crippen molar-refractivity contribution in [3.8, 4) is 0 Å². The van der Waals surface area contributed by atoms with Crippen molar-refractivity contribution in [2.45, 2.75) is 46.2 Å². The number of amides is 1. The Balaban J connectivity index is 2.30. The van der Waals surface area contributed by atoms with Gasteiger partial charge in [0.2, 0.25) is 0 Å². The largest absolute Gasteiger partial charge is 0.350 e. The minimum atomic E-state index is -0.0321. The fourth-order valence-electron chi connectivity index (χ4n) is 1.99. The van der Waals surface area contributed by atoms with Crippen LogP contribution in [0.3, 0.4) is 0 Å². The molecule has 1 amide bonds. The Bertz CT molecular complexity index is 586. The van der Waals surface area contributed by atoms with E-state index in [9.17, 15) is 4.79 Å². The third kappa shape index (κ3) is 2.78. The molecular formula is C15H21N3O. The van der Waals surface area contributed by atoms with Crippen molar-refractivity contribution in [1.82, 2.24) is 14.9 Å². The van der Waals surface area contributed by atoms with Crippen molar-refractivity contribution < 1.29 is 4.79 Å². The molecule has 4 heteroatoms. The van der Waals surface area contributed by atoms with Crippen molar-refractivity contribution in [2.24, 2.45) is 0 Å². The molecule has 4 nitrogen and oxygen atoms in total. The molecule has 0 bridgehead atoms. The van der Waals surface area contributed by atoms with E-state index in [4.69, 9.17) is 0 Å². The molecule has 0 saturated carbocycles. The van der Waals surface area contributed by atoms with E-state index in [1.54, 1.807) is 0 Å². The molecule has 1 heterocycles. The van der Waals surface area contributed by atoms with Crippen molar-refractivity contribution in [1.29, 1.82) is 0 Å². The number of nitrogens with zero attached hydrogens (tertiary/aromatic N) is 2. The molecule has 0 radical (unpaired) electrons. The summed E-state index contributed by atoms with van der Waals surface area (Å²) in [7, 11) is 0. The summed E-state index contributed by atoms with van der Waals surface area (Å²) in [6, 6.07) is 6.24. The van der Waals surface area contributed by atoms with E-state index in [0.29, 0.717) is 11.6 Å². The summed E-state index contributed by atoms with van der Waals surface area (Å²) in [6.45, 7) is 8.29. The quantitative estimate of drug-likeness (QED) is 0.916. The Kier molecular flexibility index (Phi) is 3.88. The van der Waals surface area contributed by atoms with Gasteiger partial charge in [-0.1, -0.05) is 6.92 Å². The zero-order valence-electron chi connectivity index (χ0n) is 12.0. The van der Waals surface area contributed by atoms with E-state index < -0.39 is 0 Å². The van der Waals surface area contributed by atoms with Crippen LogP contribution in [-0.2, 0) is 0 Å². The number of hydrogen-bond donors (Lipinski definition) is 1. The van der Waals surface area contributed by atoms with E-state index >= 15 is 0 Å². The molecule has 0 aliphatic rings. The highest BCUT2D eigenvalue weighted by Crippen LogP contribution is 2.18. The van der Waals surface area contributed by atoms with E-state index in [1.165, 1.54) is 0 Å². The van der Waals surface area contributed by atoms with Gasteiger partial charge in [0.25, 0.3) is 5.91 Å². The smallest absolute Gasteiger partial charge is 0.251 e. The fourth-order valence-corrected chi connectivity index (χ4v) is 1.99. The SMILES string of the molecule is CCC(C)NC(=O)c1ccc2c(c1)ncn2C(C)C. The molecule has 0 aliphatic carbocycles. The number of fused-ring (bicyclic) bond motifs is 1. The second-order valence-electron chi connectivity index (χ2n) is 5.23. The first kappa shape index (κ1) is 13.6. The molecule has 0 saturated heterocycles. The number of imidazole rings is 1. The summed E-state index contributed by atoms with van der Waals surface area (Å²) in [5, 5.41) is 2.97. The van der Waals surface area contributed by atoms with Crippen LogP contribution in [0.4, 0.5) is 0 Å². The lowest BCUT2D eigenvalue weighted by Crippen LogP contribution is -2.31. The molecule has 2 aromatic rings. The Morgan fingerprint density at radius 3 is 2.74 bits per heavy atom. The Labute approximate surface area is 113 Å². The molecule has 1 unspecified atom stereocenters. The first-order chi connectivity index (χ1) is 9.02.